The van der Waals surface area contributed by atoms with Gasteiger partial charge >= 0.3 is 5.69 Å². The molecule has 0 radical (unpaired) electrons. The lowest BCUT2D eigenvalue weighted by Gasteiger charge is -2.10. The van der Waals surface area contributed by atoms with E-state index in [4.69, 9.17) is 0 Å². The molecule has 0 atom stereocenters. The van der Waals surface area contributed by atoms with E-state index in [2.05, 4.69) is 32.6 Å². The number of fused-ring (bicyclic) bond motifs is 1. The molecule has 7 nitrogen and oxygen atoms in total. The number of hydrogen-bond acceptors (Lipinski definition) is 8. The predicted molar refractivity (Wildman–Crippen MR) is 121 cm³/mol. The monoisotopic (exact) mass is 447 g/mol. The number of nitrogens with one attached hydrogen (secondary N) is 2. The molecule has 0 fully saturated rings. The number of H-pyrrole nitrogens is 1. The lowest BCUT2D eigenvalue weighted by Crippen LogP contribution is -2.35. The first-order valence-electron chi connectivity index (χ1n) is 9.29. The molecule has 2 heterocycles. The largest absolute Gasteiger partial charge is 0.342 e. The van der Waals surface area contributed by atoms with E-state index in [1.165, 1.54) is 28.2 Å². The average Bonchev–Trinajstić information content (AvgIpc) is 3.35. The van der Waals surface area contributed by atoms with Crippen LogP contribution in [0.4, 0.5) is 11.5 Å². The van der Waals surface area contributed by atoms with E-state index in [1.54, 1.807) is 34.9 Å². The lowest BCUT2D eigenvalue weighted by atomic mass is 10.1. The third-order valence-corrected chi connectivity index (χ3v) is 7.74. The Hall–Kier alpha value is -2.04. The molecule has 10 heteroatoms. The van der Waals surface area contributed by atoms with Gasteiger partial charge in [0.2, 0.25) is 0 Å². The van der Waals surface area contributed by atoms with Gasteiger partial charge in [0, 0.05) is 29.8 Å². The fraction of sp³-hybridized carbons (Fsp3) is 0.368. The zero-order chi connectivity index (χ0) is 20.2. The Morgan fingerprint density at radius 3 is 2.86 bits per heavy atom. The third kappa shape index (κ3) is 4.93. The van der Waals surface area contributed by atoms with Crippen LogP contribution in [0.5, 0.6) is 0 Å². The minimum absolute atomic E-state index is 0.307. The van der Waals surface area contributed by atoms with Crippen LogP contribution in [0.25, 0.3) is 0 Å². The first-order valence-corrected chi connectivity index (χ1v) is 12.5. The van der Waals surface area contributed by atoms with Gasteiger partial charge in [0.05, 0.1) is 0 Å². The Balaban J connectivity index is 1.36. The van der Waals surface area contributed by atoms with E-state index in [0.29, 0.717) is 18.1 Å². The summed E-state index contributed by atoms with van der Waals surface area (Å²) in [6.07, 6.45) is 5.36. The van der Waals surface area contributed by atoms with Crippen molar-refractivity contribution >= 4 is 46.4 Å². The van der Waals surface area contributed by atoms with Gasteiger partial charge in [-0.05, 0) is 48.8 Å². The summed E-state index contributed by atoms with van der Waals surface area (Å²) >= 11 is 4.78. The quantitative estimate of drug-likeness (QED) is 0.404. The number of rotatable bonds is 8. The molecule has 152 valence electrons. The summed E-state index contributed by atoms with van der Waals surface area (Å²) in [4.78, 5) is 27.6. The summed E-state index contributed by atoms with van der Waals surface area (Å²) < 4.78 is 2.17. The molecule has 0 aliphatic heterocycles. The average molecular weight is 448 g/mol. The number of benzene rings is 1. The molecule has 29 heavy (non-hydrogen) atoms. The van der Waals surface area contributed by atoms with Crippen molar-refractivity contribution in [1.82, 2.24) is 19.7 Å². The van der Waals surface area contributed by atoms with Crippen LogP contribution in [-0.2, 0) is 25.1 Å². The maximum atomic E-state index is 12.4. The lowest BCUT2D eigenvalue weighted by molar-refractivity contribution is 0.681. The van der Waals surface area contributed by atoms with Crippen molar-refractivity contribution < 1.29 is 0 Å². The predicted octanol–water partition coefficient (Wildman–Crippen LogP) is 3.28. The van der Waals surface area contributed by atoms with Gasteiger partial charge < -0.3 is 5.32 Å². The number of aryl methyl sites for hydroxylation is 2. The molecule has 3 aromatic rings. The minimum Gasteiger partial charge on any atom is -0.342 e. The van der Waals surface area contributed by atoms with Crippen molar-refractivity contribution in [3.63, 3.8) is 0 Å². The van der Waals surface area contributed by atoms with E-state index in [-0.39, 0.29) is 5.56 Å². The van der Waals surface area contributed by atoms with Crippen LogP contribution in [0.3, 0.4) is 0 Å². The van der Waals surface area contributed by atoms with Gasteiger partial charge in [-0.15, -0.1) is 10.2 Å². The zero-order valence-corrected chi connectivity index (χ0v) is 18.4. The molecule has 0 saturated heterocycles. The SMILES string of the molecule is CSc1nnc(CSCCn2c(=O)cc(Nc3ccc4c(c3)CCC4)[nH]c2=O)s1. The first kappa shape index (κ1) is 20.2. The third-order valence-electron chi connectivity index (χ3n) is 4.71. The molecule has 4 rings (SSSR count). The topological polar surface area (TPSA) is 92.7 Å². The highest BCUT2D eigenvalue weighted by Crippen LogP contribution is 2.26. The molecule has 1 aliphatic carbocycles. The van der Waals surface area contributed by atoms with Gasteiger partial charge in [-0.3, -0.25) is 14.3 Å². The molecular weight excluding hydrogens is 426 g/mol. The van der Waals surface area contributed by atoms with Crippen LogP contribution in [0.1, 0.15) is 22.6 Å². The van der Waals surface area contributed by atoms with Gasteiger partial charge in [0.25, 0.3) is 5.56 Å². The van der Waals surface area contributed by atoms with E-state index in [0.717, 1.165) is 33.6 Å². The van der Waals surface area contributed by atoms with Crippen molar-refractivity contribution in [1.29, 1.82) is 0 Å². The highest BCUT2D eigenvalue weighted by atomic mass is 32.2. The second kappa shape index (κ2) is 9.19. The van der Waals surface area contributed by atoms with E-state index < -0.39 is 5.69 Å². The van der Waals surface area contributed by atoms with Crippen molar-refractivity contribution in [3.05, 3.63) is 61.2 Å². The number of thioether (sulfide) groups is 2. The summed E-state index contributed by atoms with van der Waals surface area (Å²) in [6, 6.07) is 7.63. The van der Waals surface area contributed by atoms with Crippen LogP contribution in [0, 0.1) is 0 Å². The summed E-state index contributed by atoms with van der Waals surface area (Å²) in [5.74, 6) is 1.79. The molecule has 1 aliphatic rings. The molecule has 2 N–H and O–H groups in total. The molecule has 0 spiro atoms. The van der Waals surface area contributed by atoms with Crippen molar-refractivity contribution in [2.75, 3.05) is 17.3 Å². The summed E-state index contributed by atoms with van der Waals surface area (Å²) in [6.45, 7) is 0.353. The molecular formula is C19H21N5O2S3. The Morgan fingerprint density at radius 2 is 2.07 bits per heavy atom. The number of hydrogen-bond donors (Lipinski definition) is 2. The van der Waals surface area contributed by atoms with Crippen LogP contribution >= 0.6 is 34.9 Å². The number of aromatic amines is 1. The normalized spacial score (nSPS) is 12.9. The molecule has 2 aromatic heterocycles. The Morgan fingerprint density at radius 1 is 1.21 bits per heavy atom. The standard InChI is InChI=1S/C19H21N5O2S3/c1-27-19-23-22-16(29-19)11-28-8-7-24-17(25)10-15(21-18(24)26)20-14-6-5-12-3-2-4-13(12)9-14/h5-6,9-10,20H,2-4,7-8,11H2,1H3,(H,21,26). The van der Waals surface area contributed by atoms with E-state index in [9.17, 15) is 9.59 Å². The summed E-state index contributed by atoms with van der Waals surface area (Å²) in [5.41, 5.74) is 2.90. The van der Waals surface area contributed by atoms with E-state index >= 15 is 0 Å². The minimum atomic E-state index is -0.401. The smallest absolute Gasteiger partial charge is 0.329 e. The van der Waals surface area contributed by atoms with Gasteiger partial charge in [0.15, 0.2) is 4.34 Å². The second-order valence-corrected chi connectivity index (χ2v) is 9.88. The summed E-state index contributed by atoms with van der Waals surface area (Å²) in [5, 5.41) is 12.3. The highest BCUT2D eigenvalue weighted by molar-refractivity contribution is 8.00. The fourth-order valence-corrected chi connectivity index (χ4v) is 5.58. The van der Waals surface area contributed by atoms with Crippen LogP contribution in [0.15, 0.2) is 38.2 Å². The van der Waals surface area contributed by atoms with Crippen LogP contribution < -0.4 is 16.6 Å². The van der Waals surface area contributed by atoms with Gasteiger partial charge in [-0.2, -0.15) is 11.8 Å². The fourth-order valence-electron chi connectivity index (χ4n) is 3.30. The van der Waals surface area contributed by atoms with Crippen molar-refractivity contribution in [2.45, 2.75) is 35.9 Å². The van der Waals surface area contributed by atoms with Crippen molar-refractivity contribution in [2.24, 2.45) is 0 Å². The molecule has 0 amide bonds. The Labute approximate surface area is 180 Å². The maximum absolute atomic E-state index is 12.4. The van der Waals surface area contributed by atoms with Crippen LogP contribution in [-0.4, -0.2) is 31.8 Å². The molecule has 0 saturated carbocycles. The molecule has 0 unspecified atom stereocenters. The molecule has 0 bridgehead atoms. The molecule has 1 aromatic carbocycles. The number of nitrogens with zero attached hydrogens (tertiary/aromatic N) is 3. The van der Waals surface area contributed by atoms with Gasteiger partial charge in [-0.1, -0.05) is 29.2 Å². The van der Waals surface area contributed by atoms with E-state index in [1.807, 2.05) is 12.3 Å². The first-order chi connectivity index (χ1) is 14.1. The maximum Gasteiger partial charge on any atom is 0.329 e. The van der Waals surface area contributed by atoms with Gasteiger partial charge in [-0.25, -0.2) is 4.79 Å². The van der Waals surface area contributed by atoms with Crippen LogP contribution in [0.2, 0.25) is 0 Å². The summed E-state index contributed by atoms with van der Waals surface area (Å²) in [7, 11) is 0. The highest BCUT2D eigenvalue weighted by Gasteiger charge is 2.11. The Bertz CT molecular complexity index is 1090. The number of anilines is 2. The Kier molecular flexibility index (Phi) is 6.41. The number of aromatic nitrogens is 4. The second-order valence-electron chi connectivity index (χ2n) is 6.66. The zero-order valence-electron chi connectivity index (χ0n) is 15.9. The van der Waals surface area contributed by atoms with Crippen molar-refractivity contribution in [3.8, 4) is 0 Å². The van der Waals surface area contributed by atoms with Gasteiger partial charge in [0.1, 0.15) is 10.8 Å².